The number of hydrogen-bond acceptors (Lipinski definition) is 5. The molecule has 0 spiro atoms. The van der Waals surface area contributed by atoms with Crippen LogP contribution in [0.1, 0.15) is 25.6 Å². The quantitative estimate of drug-likeness (QED) is 0.684. The number of aliphatic hydroxyl groups is 1. The van der Waals surface area contributed by atoms with Gasteiger partial charge in [0.05, 0.1) is 24.9 Å². The van der Waals surface area contributed by atoms with Crippen molar-refractivity contribution in [3.63, 3.8) is 0 Å². The molecule has 1 aliphatic heterocycles. The molecule has 1 aliphatic rings. The second kappa shape index (κ2) is 3.55. The number of ether oxygens (including phenoxy) is 1. The van der Waals surface area contributed by atoms with Gasteiger partial charge in [-0.15, -0.1) is 5.10 Å². The molecular formula is C9H16N4O2. The van der Waals surface area contributed by atoms with E-state index in [1.807, 2.05) is 13.8 Å². The van der Waals surface area contributed by atoms with Crippen LogP contribution in [0.2, 0.25) is 0 Å². The average molecular weight is 212 g/mol. The molecule has 1 saturated heterocycles. The standard InChI is InChI=1S/C9H16N4O2/c1-9(2,10)8-3-13(12-11-8)6-4-15-5-7(6)14/h3,6-7,14H,4-5,10H2,1-2H3/t6-,7-/m1/s1. The van der Waals surface area contributed by atoms with Crippen molar-refractivity contribution in [3.05, 3.63) is 11.9 Å². The second-order valence-electron chi connectivity index (χ2n) is 4.48. The zero-order valence-corrected chi connectivity index (χ0v) is 8.92. The molecule has 2 heterocycles. The summed E-state index contributed by atoms with van der Waals surface area (Å²) in [6, 6.07) is -0.145. The summed E-state index contributed by atoms with van der Waals surface area (Å²) in [5, 5.41) is 17.6. The van der Waals surface area contributed by atoms with E-state index in [0.29, 0.717) is 18.9 Å². The van der Waals surface area contributed by atoms with Crippen LogP contribution in [0.4, 0.5) is 0 Å². The Labute approximate surface area is 88.0 Å². The summed E-state index contributed by atoms with van der Waals surface area (Å²) in [6.45, 7) is 4.55. The van der Waals surface area contributed by atoms with Crippen LogP contribution in [0, 0.1) is 0 Å². The molecule has 0 saturated carbocycles. The second-order valence-corrected chi connectivity index (χ2v) is 4.48. The van der Waals surface area contributed by atoms with Gasteiger partial charge in [0.25, 0.3) is 0 Å². The maximum atomic E-state index is 9.61. The molecule has 0 radical (unpaired) electrons. The molecule has 6 heteroatoms. The molecule has 2 rings (SSSR count). The van der Waals surface area contributed by atoms with Crippen molar-refractivity contribution in [2.75, 3.05) is 13.2 Å². The first kappa shape index (κ1) is 10.5. The van der Waals surface area contributed by atoms with Crippen LogP contribution in [0.5, 0.6) is 0 Å². The molecular weight excluding hydrogens is 196 g/mol. The summed E-state index contributed by atoms with van der Waals surface area (Å²) < 4.78 is 6.78. The van der Waals surface area contributed by atoms with Crippen molar-refractivity contribution in [3.8, 4) is 0 Å². The van der Waals surface area contributed by atoms with Gasteiger partial charge >= 0.3 is 0 Å². The number of aliphatic hydroxyl groups excluding tert-OH is 1. The van der Waals surface area contributed by atoms with Gasteiger partial charge in [-0.2, -0.15) is 0 Å². The van der Waals surface area contributed by atoms with E-state index < -0.39 is 11.6 Å². The summed E-state index contributed by atoms with van der Waals surface area (Å²) in [6.07, 6.45) is 1.25. The highest BCUT2D eigenvalue weighted by atomic mass is 16.5. The normalized spacial score (nSPS) is 27.2. The molecule has 1 fully saturated rings. The van der Waals surface area contributed by atoms with Crippen LogP contribution in [-0.4, -0.2) is 39.4 Å². The first-order chi connectivity index (χ1) is 6.98. The molecule has 15 heavy (non-hydrogen) atoms. The zero-order chi connectivity index (χ0) is 11.1. The summed E-state index contributed by atoms with van der Waals surface area (Å²) in [5.74, 6) is 0. The van der Waals surface area contributed by atoms with Gasteiger partial charge in [-0.3, -0.25) is 0 Å². The van der Waals surface area contributed by atoms with Gasteiger partial charge in [0.15, 0.2) is 0 Å². The van der Waals surface area contributed by atoms with E-state index in [-0.39, 0.29) is 6.04 Å². The molecule has 1 aromatic heterocycles. The van der Waals surface area contributed by atoms with Gasteiger partial charge < -0.3 is 15.6 Å². The summed E-state index contributed by atoms with van der Waals surface area (Å²) >= 11 is 0. The highest BCUT2D eigenvalue weighted by molar-refractivity contribution is 5.06. The van der Waals surface area contributed by atoms with Gasteiger partial charge in [0.1, 0.15) is 17.8 Å². The number of hydrogen-bond donors (Lipinski definition) is 2. The highest BCUT2D eigenvalue weighted by Gasteiger charge is 2.30. The Morgan fingerprint density at radius 2 is 2.33 bits per heavy atom. The third-order valence-corrected chi connectivity index (χ3v) is 2.53. The Morgan fingerprint density at radius 3 is 2.80 bits per heavy atom. The van der Waals surface area contributed by atoms with Crippen LogP contribution in [0.3, 0.4) is 0 Å². The van der Waals surface area contributed by atoms with Gasteiger partial charge in [-0.25, -0.2) is 4.68 Å². The predicted molar refractivity (Wildman–Crippen MR) is 53.1 cm³/mol. The van der Waals surface area contributed by atoms with E-state index in [0.717, 1.165) is 0 Å². The summed E-state index contributed by atoms with van der Waals surface area (Å²) in [5.41, 5.74) is 6.09. The van der Waals surface area contributed by atoms with Gasteiger partial charge in [-0.05, 0) is 13.8 Å². The van der Waals surface area contributed by atoms with Crippen molar-refractivity contribution in [1.29, 1.82) is 0 Å². The van der Waals surface area contributed by atoms with Gasteiger partial charge in [0.2, 0.25) is 0 Å². The fraction of sp³-hybridized carbons (Fsp3) is 0.778. The molecule has 0 unspecified atom stereocenters. The van der Waals surface area contributed by atoms with Crippen molar-refractivity contribution >= 4 is 0 Å². The van der Waals surface area contributed by atoms with E-state index >= 15 is 0 Å². The van der Waals surface area contributed by atoms with Crippen molar-refractivity contribution in [2.24, 2.45) is 5.73 Å². The van der Waals surface area contributed by atoms with Crippen molar-refractivity contribution in [1.82, 2.24) is 15.0 Å². The number of aromatic nitrogens is 3. The minimum atomic E-state index is -0.513. The van der Waals surface area contributed by atoms with E-state index in [4.69, 9.17) is 10.5 Å². The molecule has 0 aromatic carbocycles. The molecule has 3 N–H and O–H groups in total. The van der Waals surface area contributed by atoms with E-state index in [9.17, 15) is 5.11 Å². The maximum Gasteiger partial charge on any atom is 0.105 e. The number of nitrogens with two attached hydrogens (primary N) is 1. The third-order valence-electron chi connectivity index (χ3n) is 2.53. The lowest BCUT2D eigenvalue weighted by molar-refractivity contribution is 0.117. The van der Waals surface area contributed by atoms with Crippen molar-refractivity contribution in [2.45, 2.75) is 31.5 Å². The fourth-order valence-corrected chi connectivity index (χ4v) is 1.52. The zero-order valence-electron chi connectivity index (χ0n) is 8.92. The molecule has 2 atom stereocenters. The molecule has 0 amide bonds. The lowest BCUT2D eigenvalue weighted by Gasteiger charge is -2.14. The predicted octanol–water partition coefficient (Wildman–Crippen LogP) is -0.596. The maximum absolute atomic E-state index is 9.61. The molecule has 0 aliphatic carbocycles. The smallest absolute Gasteiger partial charge is 0.105 e. The largest absolute Gasteiger partial charge is 0.388 e. The van der Waals surface area contributed by atoms with Crippen molar-refractivity contribution < 1.29 is 9.84 Å². The third kappa shape index (κ3) is 2.01. The molecule has 1 aromatic rings. The topological polar surface area (TPSA) is 86.2 Å². The monoisotopic (exact) mass is 212 g/mol. The molecule has 0 bridgehead atoms. The first-order valence-corrected chi connectivity index (χ1v) is 4.95. The van der Waals surface area contributed by atoms with Gasteiger partial charge in [-0.1, -0.05) is 5.21 Å². The Kier molecular flexibility index (Phi) is 2.49. The van der Waals surface area contributed by atoms with Gasteiger partial charge in [0, 0.05) is 0 Å². The van der Waals surface area contributed by atoms with Crippen LogP contribution in [0.15, 0.2) is 6.20 Å². The van der Waals surface area contributed by atoms with E-state index in [1.165, 1.54) is 0 Å². The Bertz CT molecular complexity index is 344. The summed E-state index contributed by atoms with van der Waals surface area (Å²) in [7, 11) is 0. The minimum Gasteiger partial charge on any atom is -0.388 e. The Morgan fingerprint density at radius 1 is 1.60 bits per heavy atom. The van der Waals surface area contributed by atoms with E-state index in [2.05, 4.69) is 10.3 Å². The lowest BCUT2D eigenvalue weighted by atomic mass is 10.0. The van der Waals surface area contributed by atoms with Crippen LogP contribution in [-0.2, 0) is 10.3 Å². The first-order valence-electron chi connectivity index (χ1n) is 4.95. The number of rotatable bonds is 2. The fourth-order valence-electron chi connectivity index (χ4n) is 1.52. The Hall–Kier alpha value is -0.980. The average Bonchev–Trinajstić information content (AvgIpc) is 2.69. The van der Waals surface area contributed by atoms with Crippen LogP contribution < -0.4 is 5.73 Å². The lowest BCUT2D eigenvalue weighted by Crippen LogP contribution is -2.29. The molecule has 6 nitrogen and oxygen atoms in total. The van der Waals surface area contributed by atoms with Crippen LogP contribution in [0.25, 0.3) is 0 Å². The highest BCUT2D eigenvalue weighted by Crippen LogP contribution is 2.20. The molecule has 84 valence electrons. The minimum absolute atomic E-state index is 0.145. The Balaban J connectivity index is 2.20. The van der Waals surface area contributed by atoms with E-state index in [1.54, 1.807) is 10.9 Å². The SMILES string of the molecule is CC(C)(N)c1cn([C@@H]2COC[C@H]2O)nn1. The summed E-state index contributed by atoms with van der Waals surface area (Å²) in [4.78, 5) is 0. The number of nitrogens with zero attached hydrogens (tertiary/aromatic N) is 3. The van der Waals surface area contributed by atoms with Crippen LogP contribution >= 0.6 is 0 Å².